The summed E-state index contributed by atoms with van der Waals surface area (Å²) in [7, 11) is 1.67. The molecule has 0 saturated carbocycles. The van der Waals surface area contributed by atoms with Crippen LogP contribution in [0.15, 0.2) is 30.3 Å². The van der Waals surface area contributed by atoms with Crippen LogP contribution in [0.3, 0.4) is 0 Å². The Morgan fingerprint density at radius 2 is 1.53 bits per heavy atom. The summed E-state index contributed by atoms with van der Waals surface area (Å²) in [6.07, 6.45) is 0.0122. The summed E-state index contributed by atoms with van der Waals surface area (Å²) in [6.45, 7) is 15.7. The molecule has 1 unspecified atom stereocenters. The maximum absolute atomic E-state index is 13.4. The smallest absolute Gasteiger partial charge is 0.243 e. The molecule has 0 aromatic heterocycles. The molecule has 38 heavy (non-hydrogen) atoms. The fourth-order valence-electron chi connectivity index (χ4n) is 4.08. The summed E-state index contributed by atoms with van der Waals surface area (Å²) in [5.41, 5.74) is 0.0184. The first-order valence-corrected chi connectivity index (χ1v) is 13.5. The summed E-state index contributed by atoms with van der Waals surface area (Å²) in [5, 5.41) is 26.1. The highest BCUT2D eigenvalue weighted by Gasteiger charge is 2.35. The highest BCUT2D eigenvalue weighted by Crippen LogP contribution is 2.20. The minimum atomic E-state index is -0.982. The van der Waals surface area contributed by atoms with Gasteiger partial charge in [0.2, 0.25) is 17.7 Å². The van der Waals surface area contributed by atoms with Gasteiger partial charge in [-0.05, 0) is 57.6 Å². The molecule has 6 N–H and O–H groups in total. The first-order valence-electron chi connectivity index (χ1n) is 13.5. The van der Waals surface area contributed by atoms with E-state index in [-0.39, 0.29) is 42.3 Å². The van der Waals surface area contributed by atoms with Gasteiger partial charge < -0.3 is 31.7 Å². The van der Waals surface area contributed by atoms with Gasteiger partial charge in [0.1, 0.15) is 6.04 Å². The van der Waals surface area contributed by atoms with E-state index in [0.29, 0.717) is 12.8 Å². The number of aliphatic hydroxyl groups excluding tert-OH is 1. The molecule has 0 spiro atoms. The van der Waals surface area contributed by atoms with Crippen LogP contribution in [0.5, 0.6) is 0 Å². The average Bonchev–Trinajstić information content (AvgIpc) is 2.78. The minimum Gasteiger partial charge on any atom is -0.390 e. The number of aliphatic hydroxyl groups is 1. The summed E-state index contributed by atoms with van der Waals surface area (Å²) in [4.78, 5) is 38.7. The number of amides is 3. The zero-order valence-corrected chi connectivity index (χ0v) is 24.8. The van der Waals surface area contributed by atoms with Crippen molar-refractivity contribution in [1.82, 2.24) is 26.6 Å². The lowest BCUT2D eigenvalue weighted by Gasteiger charge is -2.34. The van der Waals surface area contributed by atoms with Crippen molar-refractivity contribution in [3.63, 3.8) is 0 Å². The molecule has 9 heteroatoms. The molecule has 0 aliphatic rings. The van der Waals surface area contributed by atoms with Crippen LogP contribution in [0.4, 0.5) is 0 Å². The van der Waals surface area contributed by atoms with Crippen LogP contribution in [-0.4, -0.2) is 72.7 Å². The normalized spacial score (nSPS) is 15.3. The Balaban J connectivity index is 3.11. The molecule has 4 atom stereocenters. The maximum Gasteiger partial charge on any atom is 0.243 e. The van der Waals surface area contributed by atoms with E-state index >= 15 is 0 Å². The minimum absolute atomic E-state index is 0.0910. The van der Waals surface area contributed by atoms with Gasteiger partial charge in [0.25, 0.3) is 0 Å². The molecule has 0 heterocycles. The number of hydrogen-bond acceptors (Lipinski definition) is 6. The molecule has 0 fully saturated rings. The topological polar surface area (TPSA) is 132 Å². The first-order chi connectivity index (χ1) is 17.5. The van der Waals surface area contributed by atoms with E-state index in [1.54, 1.807) is 7.05 Å². The van der Waals surface area contributed by atoms with Crippen molar-refractivity contribution in [3.05, 3.63) is 35.9 Å². The van der Waals surface area contributed by atoms with E-state index < -0.39 is 29.6 Å². The third kappa shape index (κ3) is 12.8. The van der Waals surface area contributed by atoms with Gasteiger partial charge in [-0.1, -0.05) is 65.0 Å². The molecular weight excluding hydrogens is 482 g/mol. The lowest BCUT2D eigenvalue weighted by Crippen LogP contribution is -2.60. The van der Waals surface area contributed by atoms with Gasteiger partial charge in [-0.3, -0.25) is 14.4 Å². The van der Waals surface area contributed by atoms with E-state index in [1.807, 2.05) is 85.7 Å². The lowest BCUT2D eigenvalue weighted by atomic mass is 9.85. The van der Waals surface area contributed by atoms with Crippen molar-refractivity contribution in [2.24, 2.45) is 11.3 Å². The maximum atomic E-state index is 13.4. The molecule has 1 aromatic rings. The van der Waals surface area contributed by atoms with E-state index in [2.05, 4.69) is 26.6 Å². The number of benzene rings is 1. The predicted molar refractivity (Wildman–Crippen MR) is 153 cm³/mol. The van der Waals surface area contributed by atoms with Crippen LogP contribution < -0.4 is 26.6 Å². The number of hydrogen-bond donors (Lipinski definition) is 6. The van der Waals surface area contributed by atoms with Crippen LogP contribution in [0.25, 0.3) is 0 Å². The van der Waals surface area contributed by atoms with Gasteiger partial charge in [-0.2, -0.15) is 0 Å². The highest BCUT2D eigenvalue weighted by molar-refractivity contribution is 5.89. The first kappa shape index (κ1) is 33.5. The lowest BCUT2D eigenvalue weighted by molar-refractivity contribution is -0.132. The van der Waals surface area contributed by atoms with Crippen molar-refractivity contribution in [3.8, 4) is 0 Å². The standard InChI is InChI=1S/C29H51N5O4/c1-19(2)15-22(26(37)34-29(6,7)8)31-17-23(35)21(16-20-13-11-10-12-14-20)32-27(38)25(28(3,4)5)33-24(36)18-30-9/h10-14,19,21-23,25,30-31,35H,15-18H2,1-9H3,(H,32,38)(H,33,36)(H,34,37)/t21-,22?,23+,25+/m0/s1. The Morgan fingerprint density at radius 1 is 0.921 bits per heavy atom. The van der Waals surface area contributed by atoms with Crippen molar-refractivity contribution >= 4 is 17.7 Å². The van der Waals surface area contributed by atoms with E-state index in [0.717, 1.165) is 5.56 Å². The second-order valence-electron chi connectivity index (χ2n) is 12.6. The van der Waals surface area contributed by atoms with Crippen molar-refractivity contribution in [1.29, 1.82) is 0 Å². The second kappa shape index (κ2) is 15.2. The molecule has 1 rings (SSSR count). The van der Waals surface area contributed by atoms with Crippen molar-refractivity contribution < 1.29 is 19.5 Å². The Kier molecular flexibility index (Phi) is 13.4. The quantitative estimate of drug-likeness (QED) is 0.216. The zero-order chi connectivity index (χ0) is 29.1. The fourth-order valence-corrected chi connectivity index (χ4v) is 4.08. The molecule has 1 aromatic carbocycles. The molecule has 9 nitrogen and oxygen atoms in total. The van der Waals surface area contributed by atoms with Gasteiger partial charge in [0.05, 0.1) is 24.7 Å². The third-order valence-electron chi connectivity index (χ3n) is 5.96. The number of carbonyl (C=O) groups excluding carboxylic acids is 3. The molecule has 3 amide bonds. The molecule has 216 valence electrons. The monoisotopic (exact) mass is 533 g/mol. The van der Waals surface area contributed by atoms with Crippen molar-refractivity contribution in [2.75, 3.05) is 20.1 Å². The van der Waals surface area contributed by atoms with E-state index in [4.69, 9.17) is 0 Å². The molecule has 0 aliphatic heterocycles. The Labute approximate surface area is 229 Å². The van der Waals surface area contributed by atoms with E-state index in [1.165, 1.54) is 0 Å². The van der Waals surface area contributed by atoms with Gasteiger partial charge in [0.15, 0.2) is 0 Å². The summed E-state index contributed by atoms with van der Waals surface area (Å²) in [5.74, 6) is -0.511. The predicted octanol–water partition coefficient (Wildman–Crippen LogP) is 1.74. The number of rotatable bonds is 14. The molecule has 0 radical (unpaired) electrons. The number of likely N-dealkylation sites (N-methyl/N-ethyl adjacent to an activating group) is 1. The fraction of sp³-hybridized carbons (Fsp3) is 0.690. The Bertz CT molecular complexity index is 877. The molecule has 0 bridgehead atoms. The van der Waals surface area contributed by atoms with E-state index in [9.17, 15) is 19.5 Å². The molecule has 0 saturated heterocycles. The largest absolute Gasteiger partial charge is 0.390 e. The Morgan fingerprint density at radius 3 is 2.03 bits per heavy atom. The Hall–Kier alpha value is -2.49. The van der Waals surface area contributed by atoms with Crippen LogP contribution >= 0.6 is 0 Å². The second-order valence-corrected chi connectivity index (χ2v) is 12.6. The zero-order valence-electron chi connectivity index (χ0n) is 24.8. The van der Waals surface area contributed by atoms with Crippen molar-refractivity contribution in [2.45, 2.75) is 98.0 Å². The third-order valence-corrected chi connectivity index (χ3v) is 5.96. The van der Waals surface area contributed by atoms with Crippen LogP contribution in [0, 0.1) is 11.3 Å². The van der Waals surface area contributed by atoms with Crippen LogP contribution in [0.2, 0.25) is 0 Å². The molecular formula is C29H51N5O4. The van der Waals surface area contributed by atoms with Gasteiger partial charge in [0, 0.05) is 12.1 Å². The summed E-state index contributed by atoms with van der Waals surface area (Å²) >= 11 is 0. The van der Waals surface area contributed by atoms with Crippen LogP contribution in [-0.2, 0) is 20.8 Å². The van der Waals surface area contributed by atoms with Crippen LogP contribution in [0.1, 0.15) is 67.4 Å². The number of nitrogens with one attached hydrogen (secondary N) is 5. The van der Waals surface area contributed by atoms with Gasteiger partial charge >= 0.3 is 0 Å². The average molecular weight is 534 g/mol. The summed E-state index contributed by atoms with van der Waals surface area (Å²) in [6, 6.07) is 7.67. The summed E-state index contributed by atoms with van der Waals surface area (Å²) < 4.78 is 0. The van der Waals surface area contributed by atoms with Gasteiger partial charge in [-0.15, -0.1) is 0 Å². The van der Waals surface area contributed by atoms with Gasteiger partial charge in [-0.25, -0.2) is 0 Å². The SMILES string of the molecule is CNCC(=O)N[C@H](C(=O)N[C@@H](Cc1ccccc1)[C@H](O)CNC(CC(C)C)C(=O)NC(C)(C)C)C(C)(C)C. The highest BCUT2D eigenvalue weighted by atomic mass is 16.3. The molecule has 0 aliphatic carbocycles. The number of carbonyl (C=O) groups is 3.